The third kappa shape index (κ3) is 7.48. The summed E-state index contributed by atoms with van der Waals surface area (Å²) in [6.07, 6.45) is 2.75. The van der Waals surface area contributed by atoms with Gasteiger partial charge in [-0.3, -0.25) is 9.59 Å². The molecule has 0 aliphatic rings. The summed E-state index contributed by atoms with van der Waals surface area (Å²) in [5.41, 5.74) is 3.58. The van der Waals surface area contributed by atoms with Crippen LogP contribution < -0.4 is 10.2 Å². The maximum atomic E-state index is 13.9. The Kier molecular flexibility index (Phi) is 8.97. The second-order valence-electron chi connectivity index (χ2n) is 10.7. The molecule has 0 saturated heterocycles. The number of hydrogen-bond donors (Lipinski definition) is 1. The molecular formula is C30H39N3O3. The molecule has 1 N–H and O–H groups in total. The lowest BCUT2D eigenvalue weighted by atomic mass is 9.92. The molecule has 0 saturated carbocycles. The van der Waals surface area contributed by atoms with E-state index in [2.05, 4.69) is 5.32 Å². The van der Waals surface area contributed by atoms with Crippen molar-refractivity contribution >= 4 is 23.2 Å². The zero-order valence-electron chi connectivity index (χ0n) is 22.4. The normalized spacial score (nSPS) is 12.2. The maximum absolute atomic E-state index is 13.9. The highest BCUT2D eigenvalue weighted by Crippen LogP contribution is 2.29. The van der Waals surface area contributed by atoms with Crippen molar-refractivity contribution < 1.29 is 14.0 Å². The molecule has 0 aliphatic carbocycles. The van der Waals surface area contributed by atoms with E-state index in [1.54, 1.807) is 6.26 Å². The van der Waals surface area contributed by atoms with Crippen LogP contribution in [0.15, 0.2) is 71.3 Å². The van der Waals surface area contributed by atoms with Gasteiger partial charge in [-0.15, -0.1) is 0 Å². The standard InChI is InChI=1S/C30H39N3O3/c1-7-26(22-12-9-8-10-13-22)29(35)33(21-25-14-11-17-36-25)20-23-18-24(15-16-27(23)32(5)6)31-28(34)19-30(2,3)4/h8-18,26H,7,19-21H2,1-6H3,(H,31,34)/t26-/m1/s1. The van der Waals surface area contributed by atoms with E-state index in [0.29, 0.717) is 25.9 Å². The molecule has 0 radical (unpaired) electrons. The van der Waals surface area contributed by atoms with Crippen LogP contribution in [0.1, 0.15) is 63.3 Å². The zero-order chi connectivity index (χ0) is 26.3. The van der Waals surface area contributed by atoms with Gasteiger partial charge < -0.3 is 19.5 Å². The predicted octanol–water partition coefficient (Wildman–Crippen LogP) is 6.44. The number of rotatable bonds is 10. The molecule has 2 aromatic carbocycles. The predicted molar refractivity (Wildman–Crippen MR) is 146 cm³/mol. The maximum Gasteiger partial charge on any atom is 0.230 e. The summed E-state index contributed by atoms with van der Waals surface area (Å²) < 4.78 is 5.61. The van der Waals surface area contributed by atoms with E-state index in [9.17, 15) is 9.59 Å². The number of carbonyl (C=O) groups is 2. The van der Waals surface area contributed by atoms with E-state index in [4.69, 9.17) is 4.42 Å². The van der Waals surface area contributed by atoms with Crippen LogP contribution in [0.5, 0.6) is 0 Å². The van der Waals surface area contributed by atoms with Crippen molar-refractivity contribution in [2.45, 2.75) is 59.5 Å². The van der Waals surface area contributed by atoms with Gasteiger partial charge in [0.2, 0.25) is 11.8 Å². The van der Waals surface area contributed by atoms with E-state index >= 15 is 0 Å². The SMILES string of the molecule is CC[C@@H](C(=O)N(Cc1ccco1)Cc1cc(NC(=O)CC(C)(C)C)ccc1N(C)C)c1ccccc1. The lowest BCUT2D eigenvalue weighted by Gasteiger charge is -2.29. The molecule has 0 unspecified atom stereocenters. The summed E-state index contributed by atoms with van der Waals surface area (Å²) in [6, 6.07) is 19.5. The Morgan fingerprint density at radius 3 is 2.28 bits per heavy atom. The quantitative estimate of drug-likeness (QED) is 0.356. The fourth-order valence-corrected chi connectivity index (χ4v) is 4.38. The van der Waals surface area contributed by atoms with Crippen LogP contribution in [0.4, 0.5) is 11.4 Å². The number of anilines is 2. The molecule has 6 heteroatoms. The zero-order valence-corrected chi connectivity index (χ0v) is 22.4. The second kappa shape index (κ2) is 11.9. The molecule has 36 heavy (non-hydrogen) atoms. The van der Waals surface area contributed by atoms with E-state index in [1.807, 2.05) is 112 Å². The molecule has 1 atom stereocenters. The molecule has 3 aromatic rings. The highest BCUT2D eigenvalue weighted by molar-refractivity contribution is 5.91. The van der Waals surface area contributed by atoms with E-state index in [1.165, 1.54) is 0 Å². The Balaban J connectivity index is 1.94. The van der Waals surface area contributed by atoms with Crippen molar-refractivity contribution in [1.82, 2.24) is 4.90 Å². The first-order valence-corrected chi connectivity index (χ1v) is 12.5. The van der Waals surface area contributed by atoms with Crippen LogP contribution in [0, 0.1) is 5.41 Å². The van der Waals surface area contributed by atoms with Crippen molar-refractivity contribution in [2.24, 2.45) is 5.41 Å². The van der Waals surface area contributed by atoms with Crippen molar-refractivity contribution in [3.8, 4) is 0 Å². The summed E-state index contributed by atoms with van der Waals surface area (Å²) >= 11 is 0. The van der Waals surface area contributed by atoms with Crippen LogP contribution in [0.3, 0.4) is 0 Å². The van der Waals surface area contributed by atoms with Gasteiger partial charge in [0.1, 0.15) is 5.76 Å². The van der Waals surface area contributed by atoms with E-state index < -0.39 is 0 Å². The van der Waals surface area contributed by atoms with E-state index in [0.717, 1.165) is 28.3 Å². The van der Waals surface area contributed by atoms with Gasteiger partial charge in [0.05, 0.1) is 18.7 Å². The topological polar surface area (TPSA) is 65.8 Å². The van der Waals surface area contributed by atoms with Crippen LogP contribution in [-0.2, 0) is 22.7 Å². The van der Waals surface area contributed by atoms with E-state index in [-0.39, 0.29) is 23.1 Å². The Labute approximate surface area is 215 Å². The fraction of sp³-hybridized carbons (Fsp3) is 0.400. The minimum Gasteiger partial charge on any atom is -0.467 e. The molecule has 0 aliphatic heterocycles. The summed E-state index contributed by atoms with van der Waals surface area (Å²) in [6.45, 7) is 8.92. The molecule has 1 heterocycles. The molecule has 6 nitrogen and oxygen atoms in total. The van der Waals surface area contributed by atoms with Crippen molar-refractivity contribution in [2.75, 3.05) is 24.3 Å². The van der Waals surface area contributed by atoms with Gasteiger partial charge in [-0.1, -0.05) is 58.0 Å². The van der Waals surface area contributed by atoms with Crippen molar-refractivity contribution in [3.05, 3.63) is 83.8 Å². The van der Waals surface area contributed by atoms with Gasteiger partial charge in [0, 0.05) is 38.4 Å². The Bertz CT molecular complexity index is 1130. The summed E-state index contributed by atoms with van der Waals surface area (Å²) in [7, 11) is 3.96. The number of furan rings is 1. The lowest BCUT2D eigenvalue weighted by molar-refractivity contribution is -0.134. The average Bonchev–Trinajstić information content (AvgIpc) is 3.31. The van der Waals surface area contributed by atoms with Gasteiger partial charge in [-0.05, 0) is 53.3 Å². The lowest BCUT2D eigenvalue weighted by Crippen LogP contribution is -2.34. The number of hydrogen-bond acceptors (Lipinski definition) is 4. The van der Waals surface area contributed by atoms with Crippen LogP contribution >= 0.6 is 0 Å². The van der Waals surface area contributed by atoms with Crippen LogP contribution in [0.2, 0.25) is 0 Å². The molecule has 0 fully saturated rings. The van der Waals surface area contributed by atoms with Gasteiger partial charge in [-0.2, -0.15) is 0 Å². The summed E-state index contributed by atoms with van der Waals surface area (Å²) in [5, 5.41) is 3.03. The first-order valence-electron chi connectivity index (χ1n) is 12.5. The molecule has 0 spiro atoms. The van der Waals surface area contributed by atoms with Crippen LogP contribution in [-0.4, -0.2) is 30.8 Å². The number of benzene rings is 2. The van der Waals surface area contributed by atoms with Crippen molar-refractivity contribution in [1.29, 1.82) is 0 Å². The molecule has 2 amide bonds. The third-order valence-corrected chi connectivity index (χ3v) is 6.04. The Hall–Kier alpha value is -3.54. The molecule has 192 valence electrons. The molecule has 3 rings (SSSR count). The Morgan fingerprint density at radius 2 is 1.69 bits per heavy atom. The minimum atomic E-state index is -0.251. The van der Waals surface area contributed by atoms with Crippen molar-refractivity contribution in [3.63, 3.8) is 0 Å². The third-order valence-electron chi connectivity index (χ3n) is 6.04. The summed E-state index contributed by atoms with van der Waals surface area (Å²) in [4.78, 5) is 30.4. The summed E-state index contributed by atoms with van der Waals surface area (Å²) in [5.74, 6) is 0.502. The smallest absolute Gasteiger partial charge is 0.230 e. The first-order chi connectivity index (χ1) is 17.1. The van der Waals surface area contributed by atoms with Gasteiger partial charge in [-0.25, -0.2) is 0 Å². The second-order valence-corrected chi connectivity index (χ2v) is 10.7. The van der Waals surface area contributed by atoms with Crippen LogP contribution in [0.25, 0.3) is 0 Å². The largest absolute Gasteiger partial charge is 0.467 e. The Morgan fingerprint density at radius 1 is 0.972 bits per heavy atom. The monoisotopic (exact) mass is 489 g/mol. The number of nitrogens with one attached hydrogen (secondary N) is 1. The number of carbonyl (C=O) groups excluding carboxylic acids is 2. The van der Waals surface area contributed by atoms with Gasteiger partial charge in [0.15, 0.2) is 0 Å². The highest BCUT2D eigenvalue weighted by atomic mass is 16.3. The van der Waals surface area contributed by atoms with Gasteiger partial charge >= 0.3 is 0 Å². The number of amides is 2. The minimum absolute atomic E-state index is 0.0234. The fourth-order valence-electron chi connectivity index (χ4n) is 4.38. The molecular weight excluding hydrogens is 450 g/mol. The average molecular weight is 490 g/mol. The number of nitrogens with zero attached hydrogens (tertiary/aromatic N) is 2. The molecule has 0 bridgehead atoms. The first kappa shape index (κ1) is 27.1. The molecule has 1 aromatic heterocycles. The van der Waals surface area contributed by atoms with Gasteiger partial charge in [0.25, 0.3) is 0 Å². The highest BCUT2D eigenvalue weighted by Gasteiger charge is 2.26.